The molecule has 1 atom stereocenters. The van der Waals surface area contributed by atoms with Crippen molar-refractivity contribution in [2.24, 2.45) is 0 Å². The fourth-order valence-electron chi connectivity index (χ4n) is 3.38. The first-order valence-corrected chi connectivity index (χ1v) is 9.35. The average molecular weight is 348 g/mol. The lowest BCUT2D eigenvalue weighted by Gasteiger charge is -2.33. The van der Waals surface area contributed by atoms with Crippen LogP contribution in [0.25, 0.3) is 0 Å². The molecule has 1 aromatic carbocycles. The Labute approximate surface area is 151 Å². The summed E-state index contributed by atoms with van der Waals surface area (Å²) in [6.07, 6.45) is 6.18. The van der Waals surface area contributed by atoms with Gasteiger partial charge in [-0.3, -0.25) is 4.79 Å². The Morgan fingerprint density at radius 1 is 1.24 bits per heavy atom. The number of aryl methyl sites for hydroxylation is 1. The Morgan fingerprint density at radius 3 is 2.76 bits per heavy atom. The lowest BCUT2D eigenvalue weighted by atomic mass is 10.0. The maximum Gasteiger partial charge on any atom is 0.220 e. The number of hydrogen-bond acceptors (Lipinski definition) is 4. The molecule has 0 bridgehead atoms. The van der Waals surface area contributed by atoms with Gasteiger partial charge in [-0.2, -0.15) is 0 Å². The minimum Gasteiger partial charge on any atom is -0.493 e. The van der Waals surface area contributed by atoms with Gasteiger partial charge in [0.05, 0.1) is 14.2 Å². The van der Waals surface area contributed by atoms with Gasteiger partial charge in [-0.1, -0.05) is 12.5 Å². The third-order valence-corrected chi connectivity index (χ3v) is 4.97. The molecule has 1 fully saturated rings. The van der Waals surface area contributed by atoms with E-state index in [2.05, 4.69) is 17.1 Å². The summed E-state index contributed by atoms with van der Waals surface area (Å²) in [4.78, 5) is 14.6. The zero-order chi connectivity index (χ0) is 18.1. The minimum absolute atomic E-state index is 0.112. The van der Waals surface area contributed by atoms with E-state index in [-0.39, 0.29) is 5.91 Å². The number of ether oxygens (including phenoxy) is 2. The Hall–Kier alpha value is -1.75. The van der Waals surface area contributed by atoms with Gasteiger partial charge in [0, 0.05) is 25.6 Å². The lowest BCUT2D eigenvalue weighted by molar-refractivity contribution is -0.121. The second kappa shape index (κ2) is 10.3. The predicted molar refractivity (Wildman–Crippen MR) is 100 cm³/mol. The van der Waals surface area contributed by atoms with Gasteiger partial charge < -0.3 is 19.7 Å². The molecule has 1 amide bonds. The molecule has 1 aliphatic rings. The van der Waals surface area contributed by atoms with Crippen LogP contribution in [0, 0.1) is 0 Å². The van der Waals surface area contributed by atoms with Crippen LogP contribution in [0.15, 0.2) is 18.2 Å². The number of nitrogens with one attached hydrogen (secondary N) is 1. The lowest BCUT2D eigenvalue weighted by Crippen LogP contribution is -2.39. The van der Waals surface area contributed by atoms with E-state index in [0.717, 1.165) is 25.1 Å². The topological polar surface area (TPSA) is 50.8 Å². The first kappa shape index (κ1) is 19.6. The van der Waals surface area contributed by atoms with Crippen LogP contribution >= 0.6 is 0 Å². The number of likely N-dealkylation sites (tertiary alicyclic amines) is 1. The molecule has 2 rings (SSSR count). The maximum atomic E-state index is 12.0. The molecular weight excluding hydrogens is 316 g/mol. The molecule has 0 saturated carbocycles. The molecule has 0 radical (unpaired) electrons. The third kappa shape index (κ3) is 6.24. The first-order chi connectivity index (χ1) is 12.1. The fraction of sp³-hybridized carbons (Fsp3) is 0.650. The van der Waals surface area contributed by atoms with Crippen LogP contribution in [0.3, 0.4) is 0 Å². The van der Waals surface area contributed by atoms with E-state index in [1.54, 1.807) is 14.2 Å². The summed E-state index contributed by atoms with van der Waals surface area (Å²) in [6, 6.07) is 6.48. The van der Waals surface area contributed by atoms with E-state index >= 15 is 0 Å². The Balaban J connectivity index is 1.65. The highest BCUT2D eigenvalue weighted by Gasteiger charge is 2.17. The summed E-state index contributed by atoms with van der Waals surface area (Å²) >= 11 is 0. The Bertz CT molecular complexity index is 548. The van der Waals surface area contributed by atoms with Crippen molar-refractivity contribution < 1.29 is 14.3 Å². The molecule has 5 nitrogen and oxygen atoms in total. The Morgan fingerprint density at radius 2 is 2.04 bits per heavy atom. The number of amides is 1. The van der Waals surface area contributed by atoms with Crippen molar-refractivity contribution in [3.8, 4) is 11.5 Å². The molecular formula is C20H32N2O3. The molecule has 1 aromatic rings. The summed E-state index contributed by atoms with van der Waals surface area (Å²) in [6.45, 7) is 5.35. The molecule has 5 heteroatoms. The van der Waals surface area contributed by atoms with Crippen LogP contribution in [0.5, 0.6) is 11.5 Å². The Kier molecular flexibility index (Phi) is 8.06. The summed E-state index contributed by atoms with van der Waals surface area (Å²) in [5.74, 6) is 1.53. The van der Waals surface area contributed by atoms with Crippen LogP contribution in [0.1, 0.15) is 44.6 Å². The molecule has 25 heavy (non-hydrogen) atoms. The van der Waals surface area contributed by atoms with Crippen molar-refractivity contribution >= 4 is 5.91 Å². The third-order valence-electron chi connectivity index (χ3n) is 4.97. The van der Waals surface area contributed by atoms with E-state index in [4.69, 9.17) is 9.47 Å². The molecule has 1 aliphatic heterocycles. The van der Waals surface area contributed by atoms with E-state index in [9.17, 15) is 4.79 Å². The van der Waals surface area contributed by atoms with Gasteiger partial charge in [0.15, 0.2) is 11.5 Å². The smallest absolute Gasteiger partial charge is 0.220 e. The van der Waals surface area contributed by atoms with Crippen molar-refractivity contribution in [3.05, 3.63) is 23.8 Å². The summed E-state index contributed by atoms with van der Waals surface area (Å²) in [5.41, 5.74) is 1.08. The highest BCUT2D eigenvalue weighted by molar-refractivity contribution is 5.76. The number of piperidine rings is 1. The highest BCUT2D eigenvalue weighted by atomic mass is 16.5. The standard InChI is InChI=1S/C20H32N2O3/c1-16-7-4-5-13-22(16)14-6-12-21-20(23)11-9-17-8-10-18(24-2)19(15-17)25-3/h8,10,15-16H,4-7,9,11-14H2,1-3H3,(H,21,23). The molecule has 1 N–H and O–H groups in total. The van der Waals surface area contributed by atoms with E-state index < -0.39 is 0 Å². The molecule has 1 heterocycles. The van der Waals surface area contributed by atoms with Gasteiger partial charge in [-0.15, -0.1) is 0 Å². The van der Waals surface area contributed by atoms with E-state index in [1.165, 1.54) is 25.8 Å². The molecule has 0 aliphatic carbocycles. The molecule has 140 valence electrons. The second-order valence-corrected chi connectivity index (χ2v) is 6.77. The zero-order valence-corrected chi connectivity index (χ0v) is 15.8. The van der Waals surface area contributed by atoms with Crippen molar-refractivity contribution in [3.63, 3.8) is 0 Å². The number of carbonyl (C=O) groups excluding carboxylic acids is 1. The normalized spacial score (nSPS) is 18.0. The van der Waals surface area contributed by atoms with Gasteiger partial charge in [-0.25, -0.2) is 0 Å². The number of hydrogen-bond donors (Lipinski definition) is 1. The molecule has 1 saturated heterocycles. The predicted octanol–water partition coefficient (Wildman–Crippen LogP) is 3.02. The summed E-state index contributed by atoms with van der Waals surface area (Å²) < 4.78 is 10.5. The molecule has 0 spiro atoms. The first-order valence-electron chi connectivity index (χ1n) is 9.35. The molecule has 0 aromatic heterocycles. The largest absolute Gasteiger partial charge is 0.493 e. The number of nitrogens with zero attached hydrogens (tertiary/aromatic N) is 1. The van der Waals surface area contributed by atoms with Gasteiger partial charge >= 0.3 is 0 Å². The zero-order valence-electron chi connectivity index (χ0n) is 15.8. The van der Waals surface area contributed by atoms with Crippen LogP contribution in [-0.2, 0) is 11.2 Å². The van der Waals surface area contributed by atoms with Crippen molar-refractivity contribution in [2.45, 2.75) is 51.5 Å². The number of benzene rings is 1. The van der Waals surface area contributed by atoms with Crippen LogP contribution in [0.2, 0.25) is 0 Å². The van der Waals surface area contributed by atoms with E-state index in [0.29, 0.717) is 30.4 Å². The fourth-order valence-corrected chi connectivity index (χ4v) is 3.38. The highest BCUT2D eigenvalue weighted by Crippen LogP contribution is 2.27. The maximum absolute atomic E-state index is 12.0. The van der Waals surface area contributed by atoms with Crippen LogP contribution in [-0.4, -0.2) is 50.7 Å². The van der Waals surface area contributed by atoms with Crippen LogP contribution in [0.4, 0.5) is 0 Å². The van der Waals surface area contributed by atoms with Gasteiger partial charge in [-0.05, 0) is 56.8 Å². The number of rotatable bonds is 9. The van der Waals surface area contributed by atoms with E-state index in [1.807, 2.05) is 18.2 Å². The second-order valence-electron chi connectivity index (χ2n) is 6.77. The van der Waals surface area contributed by atoms with Gasteiger partial charge in [0.2, 0.25) is 5.91 Å². The average Bonchev–Trinajstić information content (AvgIpc) is 2.64. The van der Waals surface area contributed by atoms with Gasteiger partial charge in [0.1, 0.15) is 0 Å². The number of carbonyl (C=O) groups is 1. The van der Waals surface area contributed by atoms with Gasteiger partial charge in [0.25, 0.3) is 0 Å². The molecule has 1 unspecified atom stereocenters. The van der Waals surface area contributed by atoms with Crippen molar-refractivity contribution in [1.82, 2.24) is 10.2 Å². The van der Waals surface area contributed by atoms with Crippen molar-refractivity contribution in [2.75, 3.05) is 33.9 Å². The SMILES string of the molecule is COc1ccc(CCC(=O)NCCCN2CCCCC2C)cc1OC. The summed E-state index contributed by atoms with van der Waals surface area (Å²) in [7, 11) is 3.24. The van der Waals surface area contributed by atoms with Crippen LogP contribution < -0.4 is 14.8 Å². The minimum atomic E-state index is 0.112. The number of methoxy groups -OCH3 is 2. The van der Waals surface area contributed by atoms with Crippen molar-refractivity contribution in [1.29, 1.82) is 0 Å². The quantitative estimate of drug-likeness (QED) is 0.697. The monoisotopic (exact) mass is 348 g/mol. The summed E-state index contributed by atoms with van der Waals surface area (Å²) in [5, 5.41) is 3.04.